The first-order valence-corrected chi connectivity index (χ1v) is 6.36. The highest BCUT2D eigenvalue weighted by Crippen LogP contribution is 2.49. The van der Waals surface area contributed by atoms with Crippen molar-refractivity contribution in [1.29, 1.82) is 0 Å². The molecule has 2 fully saturated rings. The Bertz CT molecular complexity index is 442. The van der Waals surface area contributed by atoms with Gasteiger partial charge >= 0.3 is 5.97 Å². The summed E-state index contributed by atoms with van der Waals surface area (Å²) in [5.41, 5.74) is 1.45. The van der Waals surface area contributed by atoms with Crippen molar-refractivity contribution >= 4 is 11.9 Å². The van der Waals surface area contributed by atoms with Gasteiger partial charge in [0.05, 0.1) is 19.3 Å². The van der Waals surface area contributed by atoms with Crippen LogP contribution in [0.1, 0.15) is 25.7 Å². The number of methoxy groups -OCH3 is 2. The molecule has 0 aromatic carbocycles. The normalized spacial score (nSPS) is 34.0. The van der Waals surface area contributed by atoms with Gasteiger partial charge in [-0.25, -0.2) is 4.79 Å². The van der Waals surface area contributed by atoms with E-state index < -0.39 is 5.97 Å². The van der Waals surface area contributed by atoms with Crippen LogP contribution in [-0.4, -0.2) is 43.1 Å². The van der Waals surface area contributed by atoms with Crippen LogP contribution in [0.5, 0.6) is 0 Å². The van der Waals surface area contributed by atoms with Crippen molar-refractivity contribution in [1.82, 2.24) is 4.90 Å². The number of rotatable bonds is 2. The molecule has 1 amide bonds. The van der Waals surface area contributed by atoms with Crippen molar-refractivity contribution in [2.45, 2.75) is 37.8 Å². The summed E-state index contributed by atoms with van der Waals surface area (Å²) in [6.07, 6.45) is 3.53. The Kier molecular flexibility index (Phi) is 2.66. The van der Waals surface area contributed by atoms with Crippen LogP contribution in [0.15, 0.2) is 11.3 Å². The molecule has 0 bridgehead atoms. The van der Waals surface area contributed by atoms with Crippen molar-refractivity contribution in [3.05, 3.63) is 11.3 Å². The van der Waals surface area contributed by atoms with Gasteiger partial charge in [0.2, 0.25) is 5.91 Å². The Morgan fingerprint density at radius 3 is 2.72 bits per heavy atom. The second-order valence-electron chi connectivity index (χ2n) is 5.09. The van der Waals surface area contributed by atoms with E-state index in [4.69, 9.17) is 9.47 Å². The molecule has 2 aliphatic heterocycles. The zero-order valence-corrected chi connectivity index (χ0v) is 10.6. The van der Waals surface area contributed by atoms with Gasteiger partial charge in [0.15, 0.2) is 0 Å². The van der Waals surface area contributed by atoms with Crippen LogP contribution in [-0.2, 0) is 19.1 Å². The van der Waals surface area contributed by atoms with Crippen LogP contribution in [0.4, 0.5) is 0 Å². The van der Waals surface area contributed by atoms with E-state index in [1.165, 1.54) is 7.11 Å². The number of amides is 1. The molecule has 3 rings (SSSR count). The van der Waals surface area contributed by atoms with Crippen molar-refractivity contribution < 1.29 is 19.1 Å². The fourth-order valence-corrected chi connectivity index (χ4v) is 3.55. The monoisotopic (exact) mass is 251 g/mol. The van der Waals surface area contributed by atoms with Gasteiger partial charge < -0.3 is 14.4 Å². The molecule has 5 nitrogen and oxygen atoms in total. The lowest BCUT2D eigenvalue weighted by Crippen LogP contribution is -2.52. The summed E-state index contributed by atoms with van der Waals surface area (Å²) < 4.78 is 10.3. The maximum atomic E-state index is 11.9. The third-order valence-electron chi connectivity index (χ3n) is 4.35. The van der Waals surface area contributed by atoms with E-state index in [1.807, 2.05) is 0 Å². The molecule has 0 N–H and O–H groups in total. The van der Waals surface area contributed by atoms with Crippen LogP contribution in [0.25, 0.3) is 0 Å². The molecule has 98 valence electrons. The maximum absolute atomic E-state index is 11.9. The van der Waals surface area contributed by atoms with Crippen molar-refractivity contribution in [2.75, 3.05) is 14.2 Å². The molecule has 0 spiro atoms. The van der Waals surface area contributed by atoms with E-state index in [2.05, 4.69) is 0 Å². The van der Waals surface area contributed by atoms with Crippen LogP contribution in [0, 0.1) is 5.92 Å². The smallest absolute Gasteiger partial charge is 0.354 e. The lowest BCUT2D eigenvalue weighted by Gasteiger charge is -2.39. The lowest BCUT2D eigenvalue weighted by molar-refractivity contribution is -0.149. The minimum Gasteiger partial charge on any atom is -0.464 e. The first-order valence-electron chi connectivity index (χ1n) is 6.36. The molecule has 0 radical (unpaired) electrons. The second-order valence-corrected chi connectivity index (χ2v) is 5.09. The third-order valence-corrected chi connectivity index (χ3v) is 4.35. The third kappa shape index (κ3) is 1.37. The topological polar surface area (TPSA) is 55.8 Å². The van der Waals surface area contributed by atoms with Gasteiger partial charge in [-0.3, -0.25) is 4.79 Å². The van der Waals surface area contributed by atoms with Gasteiger partial charge in [-0.15, -0.1) is 0 Å². The number of hydrogen-bond acceptors (Lipinski definition) is 4. The van der Waals surface area contributed by atoms with E-state index in [1.54, 1.807) is 12.0 Å². The number of β-lactam (4-membered cyclic amide) rings is 1. The van der Waals surface area contributed by atoms with Crippen molar-refractivity contribution in [3.63, 3.8) is 0 Å². The predicted molar refractivity (Wildman–Crippen MR) is 62.4 cm³/mol. The number of esters is 1. The molecule has 5 heteroatoms. The zero-order valence-electron chi connectivity index (χ0n) is 10.6. The summed E-state index contributed by atoms with van der Waals surface area (Å²) in [6, 6.07) is 0.166. The van der Waals surface area contributed by atoms with Gasteiger partial charge in [-0.2, -0.15) is 0 Å². The highest BCUT2D eigenvalue weighted by Gasteiger charge is 2.55. The second kappa shape index (κ2) is 4.09. The molecule has 18 heavy (non-hydrogen) atoms. The van der Waals surface area contributed by atoms with Gasteiger partial charge in [0.1, 0.15) is 5.70 Å². The van der Waals surface area contributed by atoms with Gasteiger partial charge in [-0.05, 0) is 24.8 Å². The predicted octanol–water partition coefficient (Wildman–Crippen LogP) is 0.843. The molecule has 1 aliphatic carbocycles. The molecular formula is C13H17NO4. The minimum absolute atomic E-state index is 0.0251. The van der Waals surface area contributed by atoms with Crippen molar-refractivity contribution in [3.8, 4) is 0 Å². The average molecular weight is 251 g/mol. The summed E-state index contributed by atoms with van der Waals surface area (Å²) in [6.45, 7) is 0. The Hall–Kier alpha value is -1.36. The zero-order chi connectivity index (χ0) is 12.9. The number of nitrogens with zero attached hydrogens (tertiary/aromatic N) is 1. The summed E-state index contributed by atoms with van der Waals surface area (Å²) in [5, 5.41) is 0. The van der Waals surface area contributed by atoms with Crippen LogP contribution in [0.2, 0.25) is 0 Å². The number of hydrogen-bond donors (Lipinski definition) is 0. The van der Waals surface area contributed by atoms with Gasteiger partial charge in [0, 0.05) is 19.4 Å². The summed E-state index contributed by atoms with van der Waals surface area (Å²) in [4.78, 5) is 25.3. The molecule has 2 heterocycles. The first kappa shape index (κ1) is 11.7. The van der Waals surface area contributed by atoms with Crippen LogP contribution in [0.3, 0.4) is 0 Å². The number of fused-ring (bicyclic) bond motifs is 3. The average Bonchev–Trinajstić information content (AvgIpc) is 2.66. The molecule has 3 aliphatic rings. The summed E-state index contributed by atoms with van der Waals surface area (Å²) in [5.74, 6) is -0.0952. The van der Waals surface area contributed by atoms with Crippen LogP contribution >= 0.6 is 0 Å². The molecule has 3 atom stereocenters. The molecular weight excluding hydrogens is 234 g/mol. The fourth-order valence-electron chi connectivity index (χ4n) is 3.55. The SMILES string of the molecule is COC(=O)C1=C2[C@@H](OC)CCC[C@@H]2[C@@H]2CC(=O)N12. The summed E-state index contributed by atoms with van der Waals surface area (Å²) in [7, 11) is 3.01. The Balaban J connectivity index is 2.05. The van der Waals surface area contributed by atoms with Crippen molar-refractivity contribution in [2.24, 2.45) is 5.92 Å². The number of carbonyl (C=O) groups is 2. The molecule has 0 aromatic rings. The number of carbonyl (C=O) groups excluding carboxylic acids is 2. The molecule has 1 saturated heterocycles. The quantitative estimate of drug-likeness (QED) is 0.539. The van der Waals surface area contributed by atoms with E-state index in [0.717, 1.165) is 24.8 Å². The Labute approximate surface area is 106 Å². The van der Waals surface area contributed by atoms with Crippen LogP contribution < -0.4 is 0 Å². The van der Waals surface area contributed by atoms with E-state index in [9.17, 15) is 9.59 Å². The molecule has 0 aromatic heterocycles. The number of ether oxygens (including phenoxy) is 2. The highest BCUT2D eigenvalue weighted by molar-refractivity contribution is 5.99. The minimum atomic E-state index is -0.408. The lowest BCUT2D eigenvalue weighted by atomic mass is 9.77. The summed E-state index contributed by atoms with van der Waals surface area (Å²) >= 11 is 0. The largest absolute Gasteiger partial charge is 0.464 e. The molecule has 1 saturated carbocycles. The van der Waals surface area contributed by atoms with E-state index in [0.29, 0.717) is 12.1 Å². The van der Waals surface area contributed by atoms with E-state index >= 15 is 0 Å². The van der Waals surface area contributed by atoms with Gasteiger partial charge in [0.25, 0.3) is 0 Å². The highest BCUT2D eigenvalue weighted by atomic mass is 16.5. The fraction of sp³-hybridized carbons (Fsp3) is 0.692. The molecule has 0 unspecified atom stereocenters. The first-order chi connectivity index (χ1) is 8.69. The maximum Gasteiger partial charge on any atom is 0.354 e. The van der Waals surface area contributed by atoms with Gasteiger partial charge in [-0.1, -0.05) is 0 Å². The van der Waals surface area contributed by atoms with E-state index in [-0.39, 0.29) is 24.0 Å². The Morgan fingerprint density at radius 2 is 2.11 bits per heavy atom. The Morgan fingerprint density at radius 1 is 1.33 bits per heavy atom. The standard InChI is InChI=1S/C13H17NO4/c1-17-9-5-3-4-7-8-6-10(15)14(8)12(11(7)9)13(16)18-2/h7-9H,3-6H2,1-2H3/t7-,8+,9+/m1/s1.